The van der Waals surface area contributed by atoms with Crippen LogP contribution in [-0.2, 0) is 21.7 Å². The summed E-state index contributed by atoms with van der Waals surface area (Å²) in [6.45, 7) is 8.35. The van der Waals surface area contributed by atoms with Gasteiger partial charge in [-0.1, -0.05) is 69.3 Å². The van der Waals surface area contributed by atoms with E-state index in [2.05, 4.69) is 45.0 Å². The van der Waals surface area contributed by atoms with E-state index >= 15 is 0 Å². The molecule has 1 atom stereocenters. The van der Waals surface area contributed by atoms with E-state index in [0.717, 1.165) is 16.7 Å². The van der Waals surface area contributed by atoms with Gasteiger partial charge < -0.3 is 9.84 Å². The molecule has 1 unspecified atom stereocenters. The van der Waals surface area contributed by atoms with E-state index in [1.54, 1.807) is 55.5 Å². The molecule has 0 heterocycles. The van der Waals surface area contributed by atoms with Crippen LogP contribution in [-0.4, -0.2) is 19.6 Å². The summed E-state index contributed by atoms with van der Waals surface area (Å²) in [7, 11) is -3.63. The van der Waals surface area contributed by atoms with Gasteiger partial charge in [0.2, 0.25) is 9.84 Å². The molecule has 0 aliphatic heterocycles. The summed E-state index contributed by atoms with van der Waals surface area (Å²) in [6.07, 6.45) is 0.961. The molecule has 4 rings (SSSR count). The van der Waals surface area contributed by atoms with Crippen molar-refractivity contribution in [1.82, 2.24) is 0 Å². The zero-order valence-electron chi connectivity index (χ0n) is 21.8. The third-order valence-electron chi connectivity index (χ3n) is 6.39. The summed E-state index contributed by atoms with van der Waals surface area (Å²) in [5.74, 6) is 1.24. The molecule has 192 valence electrons. The molecule has 0 aromatic heterocycles. The van der Waals surface area contributed by atoms with Gasteiger partial charge in [0.25, 0.3) is 0 Å². The number of sulfone groups is 1. The van der Waals surface area contributed by atoms with Gasteiger partial charge in [-0.2, -0.15) is 0 Å². The number of rotatable bonds is 8. The zero-order valence-corrected chi connectivity index (χ0v) is 22.6. The average molecular weight is 515 g/mol. The van der Waals surface area contributed by atoms with Crippen LogP contribution in [0.25, 0.3) is 11.1 Å². The number of ether oxygens (including phenoxy) is 1. The van der Waals surface area contributed by atoms with Gasteiger partial charge in [-0.05, 0) is 96.0 Å². The van der Waals surface area contributed by atoms with E-state index in [0.29, 0.717) is 24.3 Å². The van der Waals surface area contributed by atoms with Crippen LogP contribution < -0.4 is 4.74 Å². The molecule has 4 aromatic carbocycles. The molecule has 0 spiro atoms. The van der Waals surface area contributed by atoms with Crippen LogP contribution in [0.15, 0.2) is 107 Å². The Morgan fingerprint density at radius 2 is 1.14 bits per heavy atom. The van der Waals surface area contributed by atoms with Crippen LogP contribution in [0.3, 0.4) is 0 Å². The van der Waals surface area contributed by atoms with E-state index in [9.17, 15) is 13.5 Å². The number of aliphatic hydroxyl groups is 1. The number of aryl methyl sites for hydroxylation is 1. The average Bonchev–Trinajstić information content (AvgIpc) is 2.88. The second-order valence-corrected chi connectivity index (χ2v) is 12.4. The molecule has 0 bridgehead atoms. The molecule has 0 fully saturated rings. The van der Waals surface area contributed by atoms with Gasteiger partial charge in [0.05, 0.1) is 15.9 Å². The van der Waals surface area contributed by atoms with E-state index in [1.807, 2.05) is 24.3 Å². The van der Waals surface area contributed by atoms with Gasteiger partial charge >= 0.3 is 0 Å². The Bertz CT molecular complexity index is 1410. The van der Waals surface area contributed by atoms with Crippen molar-refractivity contribution in [2.45, 2.75) is 61.8 Å². The summed E-state index contributed by atoms with van der Waals surface area (Å²) in [6, 6.07) is 29.8. The highest BCUT2D eigenvalue weighted by atomic mass is 32.2. The maximum absolute atomic E-state index is 13.0. The minimum atomic E-state index is -3.63. The Kier molecular flexibility index (Phi) is 7.86. The lowest BCUT2D eigenvalue weighted by Crippen LogP contribution is -2.10. The largest absolute Gasteiger partial charge is 0.457 e. The first-order valence-electron chi connectivity index (χ1n) is 12.5. The van der Waals surface area contributed by atoms with Crippen LogP contribution >= 0.6 is 0 Å². The first kappa shape index (κ1) is 26.6. The Hall–Kier alpha value is -3.41. The smallest absolute Gasteiger partial charge is 0.206 e. The van der Waals surface area contributed by atoms with Gasteiger partial charge in [0.1, 0.15) is 11.5 Å². The van der Waals surface area contributed by atoms with Crippen molar-refractivity contribution in [2.24, 2.45) is 0 Å². The molecule has 4 aromatic rings. The molecular formula is C32H34O4S. The van der Waals surface area contributed by atoms with E-state index < -0.39 is 9.84 Å². The Morgan fingerprint density at radius 3 is 1.59 bits per heavy atom. The normalized spacial score (nSPS) is 12.8. The van der Waals surface area contributed by atoms with Crippen molar-refractivity contribution in [1.29, 1.82) is 0 Å². The summed E-state index contributed by atoms with van der Waals surface area (Å²) in [5.41, 5.74) is 4.66. The summed E-state index contributed by atoms with van der Waals surface area (Å²) in [5, 5.41) is 9.45. The van der Waals surface area contributed by atoms with Gasteiger partial charge in [0.15, 0.2) is 0 Å². The molecule has 4 nitrogen and oxygen atoms in total. The van der Waals surface area contributed by atoms with Crippen LogP contribution in [0.1, 0.15) is 45.2 Å². The van der Waals surface area contributed by atoms with Crippen molar-refractivity contribution in [3.63, 3.8) is 0 Å². The zero-order chi connectivity index (χ0) is 26.6. The fourth-order valence-electron chi connectivity index (χ4n) is 4.05. The number of hydrogen-bond acceptors (Lipinski definition) is 4. The van der Waals surface area contributed by atoms with Gasteiger partial charge in [-0.3, -0.25) is 0 Å². The van der Waals surface area contributed by atoms with Crippen LogP contribution in [0.5, 0.6) is 11.5 Å². The highest BCUT2D eigenvalue weighted by Gasteiger charge is 2.18. The highest BCUT2D eigenvalue weighted by Crippen LogP contribution is 2.30. The Morgan fingerprint density at radius 1 is 0.703 bits per heavy atom. The van der Waals surface area contributed by atoms with Crippen molar-refractivity contribution in [3.8, 4) is 22.6 Å². The lowest BCUT2D eigenvalue weighted by molar-refractivity contribution is 0.185. The van der Waals surface area contributed by atoms with Crippen molar-refractivity contribution >= 4 is 9.84 Å². The first-order chi connectivity index (χ1) is 17.5. The minimum absolute atomic E-state index is 0.120. The SMILES string of the molecule is CC(O)CCc1ccc(S(=O)(=O)c2ccc(Oc3ccc(-c4ccc(C(C)(C)C)cc4)cc3)cc2)cc1. The van der Waals surface area contributed by atoms with Crippen LogP contribution in [0.2, 0.25) is 0 Å². The van der Waals surface area contributed by atoms with Crippen LogP contribution in [0, 0.1) is 0 Å². The first-order valence-corrected chi connectivity index (χ1v) is 14.0. The van der Waals surface area contributed by atoms with E-state index in [1.165, 1.54) is 5.56 Å². The molecule has 0 saturated heterocycles. The highest BCUT2D eigenvalue weighted by molar-refractivity contribution is 7.91. The summed E-state index contributed by atoms with van der Waals surface area (Å²) in [4.78, 5) is 0.457. The maximum Gasteiger partial charge on any atom is 0.206 e. The molecule has 0 aliphatic rings. The molecule has 0 aliphatic carbocycles. The predicted molar refractivity (Wildman–Crippen MR) is 149 cm³/mol. The molecular weight excluding hydrogens is 480 g/mol. The van der Waals surface area contributed by atoms with Crippen molar-refractivity contribution in [2.75, 3.05) is 0 Å². The second kappa shape index (κ2) is 10.9. The lowest BCUT2D eigenvalue weighted by Gasteiger charge is -2.19. The molecule has 0 saturated carbocycles. The lowest BCUT2D eigenvalue weighted by atomic mass is 9.86. The van der Waals surface area contributed by atoms with E-state index in [4.69, 9.17) is 4.74 Å². The quantitative estimate of drug-likeness (QED) is 0.263. The molecule has 37 heavy (non-hydrogen) atoms. The molecule has 1 N–H and O–H groups in total. The van der Waals surface area contributed by atoms with Gasteiger partial charge in [-0.15, -0.1) is 0 Å². The Labute approximate surface area is 220 Å². The van der Waals surface area contributed by atoms with Crippen molar-refractivity contribution in [3.05, 3.63) is 108 Å². The second-order valence-electron chi connectivity index (χ2n) is 10.5. The standard InChI is InChI=1S/C32H34O4S/c1-23(33)5-6-24-7-19-30(20-8-24)37(34,35)31-21-17-29(18-22-31)36-28-15-11-26(12-16-28)25-9-13-27(14-10-25)32(2,3)4/h7-23,33H,5-6H2,1-4H3. The van der Waals surface area contributed by atoms with Gasteiger partial charge in [0, 0.05) is 0 Å². The maximum atomic E-state index is 13.0. The number of benzene rings is 4. The van der Waals surface area contributed by atoms with Gasteiger partial charge in [-0.25, -0.2) is 8.42 Å². The summed E-state index contributed by atoms with van der Waals surface area (Å²) < 4.78 is 32.0. The van der Waals surface area contributed by atoms with E-state index in [-0.39, 0.29) is 21.3 Å². The van der Waals surface area contributed by atoms with Crippen molar-refractivity contribution < 1.29 is 18.3 Å². The predicted octanol–water partition coefficient (Wildman–Crippen LogP) is 7.59. The number of hydrogen-bond donors (Lipinski definition) is 1. The molecule has 0 amide bonds. The molecule has 5 heteroatoms. The fraction of sp³-hybridized carbons (Fsp3) is 0.250. The fourth-order valence-corrected chi connectivity index (χ4v) is 5.31. The Balaban J connectivity index is 1.42. The monoisotopic (exact) mass is 514 g/mol. The third kappa shape index (κ3) is 6.68. The third-order valence-corrected chi connectivity index (χ3v) is 8.18. The minimum Gasteiger partial charge on any atom is -0.457 e. The molecule has 0 radical (unpaired) electrons. The van der Waals surface area contributed by atoms with Crippen LogP contribution in [0.4, 0.5) is 0 Å². The summed E-state index contributed by atoms with van der Waals surface area (Å²) >= 11 is 0. The number of aliphatic hydroxyl groups excluding tert-OH is 1. The topological polar surface area (TPSA) is 63.6 Å².